The third-order valence-electron chi connectivity index (χ3n) is 6.34. The van der Waals surface area contributed by atoms with E-state index in [2.05, 4.69) is 0 Å². The first kappa shape index (κ1) is 25.1. The minimum absolute atomic E-state index is 0.204. The van der Waals surface area contributed by atoms with Gasteiger partial charge in [0.05, 0.1) is 24.8 Å². The molecule has 182 valence electrons. The fourth-order valence-corrected chi connectivity index (χ4v) is 4.36. The SMILES string of the molecule is NC[C@H]1CC[C@H](N)[C@H](O[C@H]2[C@H](O)[C@@H](O[C@@H]3O[C@@H](CO)[C@H](O)[C@@H](N)[C@@H]3O)[C@H](N)C[C@@H]2N)O1. The van der Waals surface area contributed by atoms with E-state index in [0.29, 0.717) is 19.4 Å². The molecule has 14 N–H and O–H groups in total. The first-order valence-corrected chi connectivity index (χ1v) is 10.7. The molecule has 0 bridgehead atoms. The third-order valence-corrected chi connectivity index (χ3v) is 6.34. The Bertz CT molecular complexity index is 577. The van der Waals surface area contributed by atoms with E-state index in [-0.39, 0.29) is 12.5 Å². The average molecular weight is 452 g/mol. The van der Waals surface area contributed by atoms with Crippen LogP contribution in [0.5, 0.6) is 0 Å². The van der Waals surface area contributed by atoms with Crippen molar-refractivity contribution < 1.29 is 39.4 Å². The summed E-state index contributed by atoms with van der Waals surface area (Å²) in [6.07, 6.45) is -7.72. The number of nitrogens with two attached hydrogens (primary N) is 5. The Morgan fingerprint density at radius 3 is 1.97 bits per heavy atom. The van der Waals surface area contributed by atoms with Crippen LogP contribution in [0, 0.1) is 0 Å². The standard InChI is InChI=1S/C18H37N5O8/c19-4-6-1-2-7(20)17(28-6)30-15-8(21)3-9(22)16(14(15)27)31-18-13(26)11(23)12(25)10(5-24)29-18/h6-18,24-27H,1-5,19-23H2/t6-,7+,8+,9-,10+,11-,12+,13+,14+,15-,16+,17+,18+/m1/s1. The van der Waals surface area contributed by atoms with Crippen LogP contribution in [0.1, 0.15) is 19.3 Å². The summed E-state index contributed by atoms with van der Waals surface area (Å²) in [5.41, 5.74) is 30.0. The van der Waals surface area contributed by atoms with Gasteiger partial charge < -0.3 is 68.0 Å². The minimum Gasteiger partial charge on any atom is -0.394 e. The third kappa shape index (κ3) is 5.35. The van der Waals surface area contributed by atoms with Crippen molar-refractivity contribution in [2.24, 2.45) is 28.7 Å². The van der Waals surface area contributed by atoms with Crippen molar-refractivity contribution in [3.8, 4) is 0 Å². The first-order valence-electron chi connectivity index (χ1n) is 10.7. The molecule has 0 aromatic carbocycles. The highest BCUT2D eigenvalue weighted by atomic mass is 16.7. The summed E-state index contributed by atoms with van der Waals surface area (Å²) in [6, 6.07) is -2.85. The summed E-state index contributed by atoms with van der Waals surface area (Å²) in [4.78, 5) is 0. The molecule has 0 unspecified atom stereocenters. The Hall–Kier alpha value is -0.520. The molecule has 0 spiro atoms. The monoisotopic (exact) mass is 451 g/mol. The molecule has 0 aromatic heterocycles. The molecule has 2 saturated heterocycles. The lowest BCUT2D eigenvalue weighted by Crippen LogP contribution is -2.68. The summed E-state index contributed by atoms with van der Waals surface area (Å²) in [5, 5.41) is 40.7. The van der Waals surface area contributed by atoms with Crippen molar-refractivity contribution in [3.63, 3.8) is 0 Å². The van der Waals surface area contributed by atoms with Crippen LogP contribution >= 0.6 is 0 Å². The van der Waals surface area contributed by atoms with Gasteiger partial charge in [0, 0.05) is 18.6 Å². The van der Waals surface area contributed by atoms with E-state index in [1.165, 1.54) is 0 Å². The second kappa shape index (κ2) is 10.6. The molecule has 13 nitrogen and oxygen atoms in total. The zero-order valence-corrected chi connectivity index (χ0v) is 17.3. The van der Waals surface area contributed by atoms with E-state index in [1.807, 2.05) is 0 Å². The van der Waals surface area contributed by atoms with Crippen molar-refractivity contribution in [1.82, 2.24) is 0 Å². The van der Waals surface area contributed by atoms with Crippen LogP contribution in [0.4, 0.5) is 0 Å². The number of hydrogen-bond acceptors (Lipinski definition) is 13. The van der Waals surface area contributed by atoms with Gasteiger partial charge in [-0.05, 0) is 19.3 Å². The highest BCUT2D eigenvalue weighted by Crippen LogP contribution is 2.30. The zero-order chi connectivity index (χ0) is 22.9. The molecule has 3 aliphatic rings. The molecular formula is C18H37N5O8. The van der Waals surface area contributed by atoms with E-state index in [4.69, 9.17) is 47.6 Å². The van der Waals surface area contributed by atoms with E-state index < -0.39 is 80.0 Å². The Balaban J connectivity index is 1.69. The molecule has 1 aliphatic carbocycles. The molecule has 13 atom stereocenters. The van der Waals surface area contributed by atoms with Gasteiger partial charge in [0.25, 0.3) is 0 Å². The van der Waals surface area contributed by atoms with Gasteiger partial charge in [-0.1, -0.05) is 0 Å². The maximum Gasteiger partial charge on any atom is 0.186 e. The van der Waals surface area contributed by atoms with Gasteiger partial charge in [-0.2, -0.15) is 0 Å². The summed E-state index contributed by atoms with van der Waals surface area (Å²) in [5.74, 6) is 0. The molecule has 2 heterocycles. The highest BCUT2D eigenvalue weighted by Gasteiger charge is 2.49. The second-order valence-corrected chi connectivity index (χ2v) is 8.64. The van der Waals surface area contributed by atoms with Gasteiger partial charge in [-0.15, -0.1) is 0 Å². The fraction of sp³-hybridized carbons (Fsp3) is 1.00. The Morgan fingerprint density at radius 1 is 0.774 bits per heavy atom. The summed E-state index contributed by atoms with van der Waals surface area (Å²) in [6.45, 7) is -0.214. The molecule has 3 fully saturated rings. The molecule has 31 heavy (non-hydrogen) atoms. The van der Waals surface area contributed by atoms with Crippen LogP contribution in [0.25, 0.3) is 0 Å². The quantitative estimate of drug-likeness (QED) is 0.183. The fourth-order valence-electron chi connectivity index (χ4n) is 4.36. The van der Waals surface area contributed by atoms with Gasteiger partial charge >= 0.3 is 0 Å². The van der Waals surface area contributed by atoms with E-state index in [0.717, 1.165) is 0 Å². The van der Waals surface area contributed by atoms with E-state index in [9.17, 15) is 20.4 Å². The average Bonchev–Trinajstić information content (AvgIpc) is 2.75. The number of aliphatic hydroxyl groups is 4. The van der Waals surface area contributed by atoms with Crippen molar-refractivity contribution in [2.45, 2.75) is 98.7 Å². The zero-order valence-electron chi connectivity index (χ0n) is 17.3. The summed E-state index contributed by atoms with van der Waals surface area (Å²) < 4.78 is 23.0. The van der Waals surface area contributed by atoms with Crippen LogP contribution in [-0.2, 0) is 18.9 Å². The smallest absolute Gasteiger partial charge is 0.186 e. The highest BCUT2D eigenvalue weighted by molar-refractivity contribution is 5.00. The van der Waals surface area contributed by atoms with Gasteiger partial charge in [0.2, 0.25) is 0 Å². The Morgan fingerprint density at radius 2 is 1.39 bits per heavy atom. The number of ether oxygens (including phenoxy) is 4. The molecule has 2 aliphatic heterocycles. The molecule has 0 amide bonds. The lowest BCUT2D eigenvalue weighted by atomic mass is 9.84. The van der Waals surface area contributed by atoms with Crippen molar-refractivity contribution in [2.75, 3.05) is 13.2 Å². The molecule has 13 heteroatoms. The predicted octanol–water partition coefficient (Wildman–Crippen LogP) is -5.27. The number of hydrogen-bond donors (Lipinski definition) is 9. The number of rotatable bonds is 6. The lowest BCUT2D eigenvalue weighted by molar-refractivity contribution is -0.313. The largest absolute Gasteiger partial charge is 0.394 e. The maximum absolute atomic E-state index is 11.0. The molecule has 0 radical (unpaired) electrons. The lowest BCUT2D eigenvalue weighted by Gasteiger charge is -2.47. The van der Waals surface area contributed by atoms with Crippen molar-refractivity contribution in [1.29, 1.82) is 0 Å². The molecule has 3 rings (SSSR count). The predicted molar refractivity (Wildman–Crippen MR) is 107 cm³/mol. The first-order chi connectivity index (χ1) is 14.7. The van der Waals surface area contributed by atoms with Gasteiger partial charge in [0.15, 0.2) is 12.6 Å². The topological polar surface area (TPSA) is 248 Å². The van der Waals surface area contributed by atoms with Crippen molar-refractivity contribution in [3.05, 3.63) is 0 Å². The van der Waals surface area contributed by atoms with Crippen LogP contribution in [-0.4, -0.2) is 113 Å². The van der Waals surface area contributed by atoms with Crippen LogP contribution in [0.2, 0.25) is 0 Å². The van der Waals surface area contributed by atoms with Gasteiger partial charge in [0.1, 0.15) is 36.6 Å². The van der Waals surface area contributed by atoms with Gasteiger partial charge in [-0.25, -0.2) is 0 Å². The summed E-state index contributed by atoms with van der Waals surface area (Å²) in [7, 11) is 0. The Labute approximate surface area is 180 Å². The molecule has 1 saturated carbocycles. The minimum atomic E-state index is -1.41. The Kier molecular flexibility index (Phi) is 8.59. The molecular weight excluding hydrogens is 414 g/mol. The van der Waals surface area contributed by atoms with Crippen molar-refractivity contribution >= 4 is 0 Å². The maximum atomic E-state index is 11.0. The van der Waals surface area contributed by atoms with Crippen LogP contribution in [0.15, 0.2) is 0 Å². The van der Waals surface area contributed by atoms with Crippen LogP contribution in [0.3, 0.4) is 0 Å². The molecule has 0 aromatic rings. The van der Waals surface area contributed by atoms with E-state index in [1.54, 1.807) is 0 Å². The second-order valence-electron chi connectivity index (χ2n) is 8.64. The van der Waals surface area contributed by atoms with E-state index >= 15 is 0 Å². The van der Waals surface area contributed by atoms with Crippen LogP contribution < -0.4 is 28.7 Å². The van der Waals surface area contributed by atoms with Gasteiger partial charge in [-0.3, -0.25) is 0 Å². The summed E-state index contributed by atoms with van der Waals surface area (Å²) >= 11 is 0. The normalized spacial score (nSPS) is 51.6. The number of aliphatic hydroxyl groups excluding tert-OH is 4.